The molecule has 0 N–H and O–H groups in total. The molecule has 26 heavy (non-hydrogen) atoms. The van der Waals surface area contributed by atoms with Gasteiger partial charge in [0.25, 0.3) is 10.1 Å². The van der Waals surface area contributed by atoms with Crippen LogP contribution in [0.5, 0.6) is 0 Å². The summed E-state index contributed by atoms with van der Waals surface area (Å²) >= 11 is 0. The van der Waals surface area contributed by atoms with Crippen molar-refractivity contribution in [2.24, 2.45) is 0 Å². The van der Waals surface area contributed by atoms with Gasteiger partial charge in [-0.3, -0.25) is 4.18 Å². The second-order valence-corrected chi connectivity index (χ2v) is 7.88. The summed E-state index contributed by atoms with van der Waals surface area (Å²) < 4.78 is 45.5. The van der Waals surface area contributed by atoms with E-state index >= 15 is 0 Å². The highest BCUT2D eigenvalue weighted by atomic mass is 32.2. The Balaban J connectivity index is 5.19. The molecule has 0 unspecified atom stereocenters. The van der Waals surface area contributed by atoms with Crippen LogP contribution in [-0.2, 0) is 33.3 Å². The van der Waals surface area contributed by atoms with E-state index in [-0.39, 0.29) is 6.61 Å². The lowest BCUT2D eigenvalue weighted by molar-refractivity contribution is -0.146. The molecule has 0 amide bonds. The fourth-order valence-electron chi connectivity index (χ4n) is 2.20. The maximum atomic E-state index is 11.7. The highest BCUT2D eigenvalue weighted by molar-refractivity contribution is 7.86. The highest BCUT2D eigenvalue weighted by Gasteiger charge is 2.34. The molecule has 0 aromatic carbocycles. The van der Waals surface area contributed by atoms with Gasteiger partial charge in [-0.1, -0.05) is 40.0 Å². The SMILES string of the molecule is CCCCOC[C@@H](OS(C)(=O)=O)[C@H](OCCCC)[C@H](C=O)OCCCC. The number of ether oxygens (including phenoxy) is 3. The number of carbonyl (C=O) groups is 1. The quantitative estimate of drug-likeness (QED) is 0.200. The van der Waals surface area contributed by atoms with Crippen LogP contribution >= 0.6 is 0 Å². The van der Waals surface area contributed by atoms with Crippen molar-refractivity contribution in [1.29, 1.82) is 0 Å². The van der Waals surface area contributed by atoms with E-state index in [0.29, 0.717) is 26.1 Å². The average molecular weight is 397 g/mol. The van der Waals surface area contributed by atoms with Crippen LogP contribution in [0.1, 0.15) is 59.3 Å². The number of rotatable bonds is 18. The molecule has 0 aliphatic rings. The van der Waals surface area contributed by atoms with E-state index in [2.05, 4.69) is 0 Å². The first-order valence-electron chi connectivity index (χ1n) is 9.54. The van der Waals surface area contributed by atoms with Gasteiger partial charge in [-0.2, -0.15) is 8.42 Å². The van der Waals surface area contributed by atoms with Crippen molar-refractivity contribution in [3.8, 4) is 0 Å². The van der Waals surface area contributed by atoms with Crippen molar-refractivity contribution < 1.29 is 31.6 Å². The average Bonchev–Trinajstić information content (AvgIpc) is 2.58. The summed E-state index contributed by atoms with van der Waals surface area (Å²) in [4.78, 5) is 11.6. The smallest absolute Gasteiger partial charge is 0.264 e. The van der Waals surface area contributed by atoms with E-state index in [1.807, 2.05) is 20.8 Å². The van der Waals surface area contributed by atoms with Crippen molar-refractivity contribution in [3.63, 3.8) is 0 Å². The van der Waals surface area contributed by atoms with E-state index < -0.39 is 28.4 Å². The summed E-state index contributed by atoms with van der Waals surface area (Å²) in [6.45, 7) is 7.37. The molecule has 0 spiro atoms. The zero-order chi connectivity index (χ0) is 19.8. The fraction of sp³-hybridized carbons (Fsp3) is 0.944. The second-order valence-electron chi connectivity index (χ2n) is 6.28. The van der Waals surface area contributed by atoms with Crippen LogP contribution < -0.4 is 0 Å². The Morgan fingerprint density at radius 2 is 1.42 bits per heavy atom. The number of aldehydes is 1. The molecule has 3 atom stereocenters. The summed E-state index contributed by atoms with van der Waals surface area (Å²) in [7, 11) is -3.74. The zero-order valence-corrected chi connectivity index (χ0v) is 17.5. The normalized spacial score (nSPS) is 15.5. The first kappa shape index (κ1) is 25.5. The monoisotopic (exact) mass is 396 g/mol. The maximum Gasteiger partial charge on any atom is 0.264 e. The molecule has 0 bridgehead atoms. The van der Waals surface area contributed by atoms with Crippen LogP contribution in [0, 0.1) is 0 Å². The first-order valence-corrected chi connectivity index (χ1v) is 11.4. The Labute approximate surface area is 158 Å². The second kappa shape index (κ2) is 15.5. The van der Waals surface area contributed by atoms with Crippen LogP contribution in [0.2, 0.25) is 0 Å². The number of hydrogen-bond acceptors (Lipinski definition) is 7. The van der Waals surface area contributed by atoms with E-state index in [4.69, 9.17) is 18.4 Å². The lowest BCUT2D eigenvalue weighted by atomic mass is 10.1. The van der Waals surface area contributed by atoms with Gasteiger partial charge in [-0.25, -0.2) is 0 Å². The summed E-state index contributed by atoms with van der Waals surface area (Å²) in [5.74, 6) is 0. The Kier molecular flexibility index (Phi) is 15.2. The third kappa shape index (κ3) is 12.8. The molecule has 0 saturated heterocycles. The van der Waals surface area contributed by atoms with Crippen molar-refractivity contribution in [3.05, 3.63) is 0 Å². The van der Waals surface area contributed by atoms with Gasteiger partial charge < -0.3 is 19.0 Å². The predicted octanol–water partition coefficient (Wildman–Crippen LogP) is 2.72. The van der Waals surface area contributed by atoms with Crippen molar-refractivity contribution in [2.75, 3.05) is 32.7 Å². The molecule has 0 aliphatic heterocycles. The van der Waals surface area contributed by atoms with Gasteiger partial charge in [-0.05, 0) is 19.3 Å². The van der Waals surface area contributed by atoms with Gasteiger partial charge in [0.2, 0.25) is 0 Å². The number of carbonyl (C=O) groups excluding carboxylic acids is 1. The van der Waals surface area contributed by atoms with Gasteiger partial charge in [0.05, 0.1) is 12.9 Å². The van der Waals surface area contributed by atoms with Gasteiger partial charge in [0.1, 0.15) is 18.3 Å². The molecule has 0 heterocycles. The Hall–Kier alpha value is -0.540. The third-order valence-electron chi connectivity index (χ3n) is 3.66. The van der Waals surface area contributed by atoms with E-state index in [9.17, 15) is 13.2 Å². The minimum Gasteiger partial charge on any atom is -0.379 e. The lowest BCUT2D eigenvalue weighted by Crippen LogP contribution is -2.47. The molecule has 0 aromatic heterocycles. The Morgan fingerprint density at radius 3 is 1.92 bits per heavy atom. The molecule has 0 saturated carbocycles. The topological polar surface area (TPSA) is 88.1 Å². The number of unbranched alkanes of at least 4 members (excludes halogenated alkanes) is 3. The summed E-state index contributed by atoms with van der Waals surface area (Å²) in [5, 5.41) is 0. The largest absolute Gasteiger partial charge is 0.379 e. The fourth-order valence-corrected chi connectivity index (χ4v) is 2.81. The molecule has 7 nitrogen and oxygen atoms in total. The molecule has 8 heteroatoms. The minimum absolute atomic E-state index is 0.0192. The molecular formula is C18H36O7S. The van der Waals surface area contributed by atoms with Crippen molar-refractivity contribution >= 4 is 16.4 Å². The Bertz CT molecular complexity index is 439. The van der Waals surface area contributed by atoms with Gasteiger partial charge in [-0.15, -0.1) is 0 Å². The van der Waals surface area contributed by atoms with Crippen LogP contribution in [0.3, 0.4) is 0 Å². The summed E-state index contributed by atoms with van der Waals surface area (Å²) in [6, 6.07) is 0. The number of hydrogen-bond donors (Lipinski definition) is 0. The van der Waals surface area contributed by atoms with Crippen LogP contribution in [-0.4, -0.2) is 65.7 Å². The molecule has 0 radical (unpaired) electrons. The van der Waals surface area contributed by atoms with Gasteiger partial charge in [0.15, 0.2) is 6.29 Å². The first-order chi connectivity index (χ1) is 12.4. The van der Waals surface area contributed by atoms with E-state index in [0.717, 1.165) is 44.8 Å². The summed E-state index contributed by atoms with van der Waals surface area (Å²) in [6.07, 6.45) is 4.21. The standard InChI is InChI=1S/C18H36O7S/c1-5-8-11-22-15-17(25-26(4,20)21)18(24-13-10-7-3)16(14-19)23-12-9-6-2/h14,16-18H,5-13,15H2,1-4H3/t16-,17+,18+/m0/s1. The van der Waals surface area contributed by atoms with Gasteiger partial charge in [0, 0.05) is 19.8 Å². The molecule has 0 fully saturated rings. The predicted molar refractivity (Wildman–Crippen MR) is 101 cm³/mol. The summed E-state index contributed by atoms with van der Waals surface area (Å²) in [5.41, 5.74) is 0. The van der Waals surface area contributed by atoms with Crippen molar-refractivity contribution in [1.82, 2.24) is 0 Å². The van der Waals surface area contributed by atoms with Crippen LogP contribution in [0.25, 0.3) is 0 Å². The van der Waals surface area contributed by atoms with E-state index in [1.54, 1.807) is 0 Å². The molecule has 0 rings (SSSR count). The molecular weight excluding hydrogens is 360 g/mol. The third-order valence-corrected chi connectivity index (χ3v) is 4.26. The molecule has 0 aliphatic carbocycles. The van der Waals surface area contributed by atoms with Crippen LogP contribution in [0.4, 0.5) is 0 Å². The van der Waals surface area contributed by atoms with E-state index in [1.165, 1.54) is 0 Å². The Morgan fingerprint density at radius 1 is 0.885 bits per heavy atom. The lowest BCUT2D eigenvalue weighted by Gasteiger charge is -2.30. The maximum absolute atomic E-state index is 11.7. The van der Waals surface area contributed by atoms with Crippen LogP contribution in [0.15, 0.2) is 0 Å². The molecule has 0 aromatic rings. The van der Waals surface area contributed by atoms with Gasteiger partial charge >= 0.3 is 0 Å². The molecule has 156 valence electrons. The highest BCUT2D eigenvalue weighted by Crippen LogP contribution is 2.16. The zero-order valence-electron chi connectivity index (χ0n) is 16.6. The minimum atomic E-state index is -3.74. The van der Waals surface area contributed by atoms with Crippen molar-refractivity contribution in [2.45, 2.75) is 77.6 Å².